The molecule has 0 amide bonds. The lowest BCUT2D eigenvalue weighted by atomic mass is 10.1. The topological polar surface area (TPSA) is 48.7 Å². The second kappa shape index (κ2) is 7.00. The van der Waals surface area contributed by atoms with Gasteiger partial charge in [-0.3, -0.25) is 4.79 Å². The molecular formula is C21H25N3O2. The third-order valence-corrected chi connectivity index (χ3v) is 5.24. The molecule has 26 heavy (non-hydrogen) atoms. The van der Waals surface area contributed by atoms with E-state index < -0.39 is 0 Å². The zero-order valence-corrected chi connectivity index (χ0v) is 15.4. The maximum atomic E-state index is 13.0. The molecule has 2 aromatic carbocycles. The van der Waals surface area contributed by atoms with Crippen LogP contribution in [0.15, 0.2) is 45.6 Å². The van der Waals surface area contributed by atoms with Crippen molar-refractivity contribution in [3.8, 4) is 0 Å². The summed E-state index contributed by atoms with van der Waals surface area (Å²) < 4.78 is 5.97. The molecule has 0 saturated carbocycles. The van der Waals surface area contributed by atoms with Crippen molar-refractivity contribution in [3.63, 3.8) is 0 Å². The van der Waals surface area contributed by atoms with Crippen LogP contribution < -0.4 is 15.6 Å². The highest BCUT2D eigenvalue weighted by molar-refractivity contribution is 5.92. The third-order valence-electron chi connectivity index (χ3n) is 5.24. The molecule has 3 aromatic rings. The van der Waals surface area contributed by atoms with Crippen LogP contribution in [0, 0.1) is 0 Å². The van der Waals surface area contributed by atoms with Gasteiger partial charge < -0.3 is 19.5 Å². The van der Waals surface area contributed by atoms with E-state index in [1.807, 2.05) is 37.4 Å². The van der Waals surface area contributed by atoms with Gasteiger partial charge in [0.05, 0.1) is 10.8 Å². The van der Waals surface area contributed by atoms with Crippen LogP contribution in [0.1, 0.15) is 12.8 Å². The summed E-state index contributed by atoms with van der Waals surface area (Å²) in [6.45, 7) is 4.25. The molecule has 0 atom stereocenters. The SMILES string of the molecule is CNc1ccc2oc3ccc(N4CCCN(C)CCC4)cc3c(=O)c2c1. The molecule has 0 bridgehead atoms. The number of rotatable bonds is 2. The van der Waals surface area contributed by atoms with Crippen LogP contribution in [-0.4, -0.2) is 45.2 Å². The van der Waals surface area contributed by atoms with Crippen molar-refractivity contribution < 1.29 is 4.42 Å². The van der Waals surface area contributed by atoms with Gasteiger partial charge in [-0.15, -0.1) is 0 Å². The zero-order valence-electron chi connectivity index (χ0n) is 15.4. The first-order chi connectivity index (χ1) is 12.7. The van der Waals surface area contributed by atoms with Crippen molar-refractivity contribution in [2.24, 2.45) is 0 Å². The molecule has 136 valence electrons. The molecule has 1 aromatic heterocycles. The Morgan fingerprint density at radius 1 is 0.923 bits per heavy atom. The fraction of sp³-hybridized carbons (Fsp3) is 0.381. The first kappa shape index (κ1) is 16.9. The largest absolute Gasteiger partial charge is 0.456 e. The molecule has 5 nitrogen and oxygen atoms in total. The number of hydrogen-bond acceptors (Lipinski definition) is 5. The Morgan fingerprint density at radius 2 is 1.58 bits per heavy atom. The van der Waals surface area contributed by atoms with E-state index in [4.69, 9.17) is 4.42 Å². The smallest absolute Gasteiger partial charge is 0.200 e. The molecule has 1 aliphatic rings. The number of nitrogens with one attached hydrogen (secondary N) is 1. The van der Waals surface area contributed by atoms with Crippen molar-refractivity contribution in [1.29, 1.82) is 0 Å². The Labute approximate surface area is 153 Å². The summed E-state index contributed by atoms with van der Waals surface area (Å²) >= 11 is 0. The van der Waals surface area contributed by atoms with E-state index in [0.29, 0.717) is 21.9 Å². The predicted octanol–water partition coefficient (Wildman–Crippen LogP) is 3.52. The summed E-state index contributed by atoms with van der Waals surface area (Å²) in [5.41, 5.74) is 3.33. The summed E-state index contributed by atoms with van der Waals surface area (Å²) in [4.78, 5) is 17.8. The molecule has 0 aliphatic carbocycles. The zero-order chi connectivity index (χ0) is 18.1. The number of hydrogen-bond donors (Lipinski definition) is 1. The van der Waals surface area contributed by atoms with Crippen LogP contribution in [-0.2, 0) is 0 Å². The van der Waals surface area contributed by atoms with Gasteiger partial charge in [0, 0.05) is 31.5 Å². The van der Waals surface area contributed by atoms with E-state index >= 15 is 0 Å². The van der Waals surface area contributed by atoms with Crippen LogP contribution in [0.3, 0.4) is 0 Å². The van der Waals surface area contributed by atoms with E-state index in [9.17, 15) is 4.79 Å². The molecule has 0 radical (unpaired) electrons. The molecule has 0 spiro atoms. The number of fused-ring (bicyclic) bond motifs is 2. The number of benzene rings is 2. The van der Waals surface area contributed by atoms with Crippen LogP contribution in [0.5, 0.6) is 0 Å². The molecule has 2 heterocycles. The molecule has 1 aliphatic heterocycles. The minimum absolute atomic E-state index is 0.0342. The monoisotopic (exact) mass is 351 g/mol. The Kier molecular flexibility index (Phi) is 4.55. The second-order valence-electron chi connectivity index (χ2n) is 7.07. The van der Waals surface area contributed by atoms with Crippen LogP contribution in [0.4, 0.5) is 11.4 Å². The van der Waals surface area contributed by atoms with E-state index in [1.165, 1.54) is 0 Å². The number of anilines is 2. The van der Waals surface area contributed by atoms with Gasteiger partial charge in [-0.05, 0) is 69.4 Å². The van der Waals surface area contributed by atoms with E-state index in [0.717, 1.165) is 50.4 Å². The van der Waals surface area contributed by atoms with Crippen molar-refractivity contribution in [1.82, 2.24) is 4.90 Å². The normalized spacial score (nSPS) is 16.6. The molecule has 0 unspecified atom stereocenters. The standard InChI is InChI=1S/C21H25N3O2/c1-22-15-5-7-19-17(13-15)21(25)18-14-16(6-8-20(18)26-19)24-11-3-9-23(2)10-4-12-24/h5-8,13-14,22H,3-4,9-12H2,1-2H3. The van der Waals surface area contributed by atoms with Gasteiger partial charge >= 0.3 is 0 Å². The first-order valence-corrected chi connectivity index (χ1v) is 9.27. The maximum Gasteiger partial charge on any atom is 0.200 e. The summed E-state index contributed by atoms with van der Waals surface area (Å²) in [7, 11) is 4.03. The van der Waals surface area contributed by atoms with Gasteiger partial charge in [0.1, 0.15) is 11.2 Å². The Morgan fingerprint density at radius 3 is 2.27 bits per heavy atom. The Bertz CT molecular complexity index is 986. The molecule has 1 saturated heterocycles. The number of nitrogens with zero attached hydrogens (tertiary/aromatic N) is 2. The lowest BCUT2D eigenvalue weighted by Gasteiger charge is -2.30. The van der Waals surface area contributed by atoms with E-state index in [-0.39, 0.29) is 5.43 Å². The quantitative estimate of drug-likeness (QED) is 0.716. The van der Waals surface area contributed by atoms with Crippen molar-refractivity contribution in [3.05, 3.63) is 46.6 Å². The van der Waals surface area contributed by atoms with Crippen molar-refractivity contribution >= 4 is 33.3 Å². The highest BCUT2D eigenvalue weighted by Gasteiger charge is 2.14. The van der Waals surface area contributed by atoms with Crippen LogP contribution >= 0.6 is 0 Å². The Balaban J connectivity index is 1.77. The predicted molar refractivity (Wildman–Crippen MR) is 108 cm³/mol. The summed E-state index contributed by atoms with van der Waals surface area (Å²) in [6, 6.07) is 11.6. The minimum atomic E-state index is 0.0342. The van der Waals surface area contributed by atoms with Crippen molar-refractivity contribution in [2.45, 2.75) is 12.8 Å². The third kappa shape index (κ3) is 3.15. The maximum absolute atomic E-state index is 13.0. The second-order valence-corrected chi connectivity index (χ2v) is 7.07. The van der Waals surface area contributed by atoms with Gasteiger partial charge in [0.2, 0.25) is 5.43 Å². The van der Waals surface area contributed by atoms with Gasteiger partial charge in [-0.25, -0.2) is 0 Å². The molecule has 1 fully saturated rings. The van der Waals surface area contributed by atoms with Crippen LogP contribution in [0.2, 0.25) is 0 Å². The van der Waals surface area contributed by atoms with Gasteiger partial charge in [-0.1, -0.05) is 0 Å². The average Bonchev–Trinajstić information content (AvgIpc) is 2.64. The van der Waals surface area contributed by atoms with Crippen LogP contribution in [0.25, 0.3) is 21.9 Å². The average molecular weight is 351 g/mol. The lowest BCUT2D eigenvalue weighted by molar-refractivity contribution is 0.313. The summed E-state index contributed by atoms with van der Waals surface area (Å²) in [5, 5.41) is 4.36. The molecular weight excluding hydrogens is 326 g/mol. The highest BCUT2D eigenvalue weighted by atomic mass is 16.3. The minimum Gasteiger partial charge on any atom is -0.456 e. The van der Waals surface area contributed by atoms with E-state index in [1.54, 1.807) is 0 Å². The van der Waals surface area contributed by atoms with Gasteiger partial charge in [-0.2, -0.15) is 0 Å². The molecule has 4 rings (SSSR count). The molecule has 5 heteroatoms. The fourth-order valence-electron chi connectivity index (χ4n) is 3.74. The fourth-order valence-corrected chi connectivity index (χ4v) is 3.74. The summed E-state index contributed by atoms with van der Waals surface area (Å²) in [6.07, 6.45) is 2.26. The first-order valence-electron chi connectivity index (χ1n) is 9.27. The van der Waals surface area contributed by atoms with E-state index in [2.05, 4.69) is 28.2 Å². The lowest BCUT2D eigenvalue weighted by Crippen LogP contribution is -2.34. The summed E-state index contributed by atoms with van der Waals surface area (Å²) in [5.74, 6) is 0. The Hall–Kier alpha value is -2.53. The van der Waals surface area contributed by atoms with Gasteiger partial charge in [0.25, 0.3) is 0 Å². The molecule has 1 N–H and O–H groups in total. The highest BCUT2D eigenvalue weighted by Crippen LogP contribution is 2.25. The van der Waals surface area contributed by atoms with Crippen molar-refractivity contribution in [2.75, 3.05) is 50.5 Å². The van der Waals surface area contributed by atoms with Gasteiger partial charge in [0.15, 0.2) is 0 Å².